The van der Waals surface area contributed by atoms with Gasteiger partial charge in [-0.25, -0.2) is 0 Å². The van der Waals surface area contributed by atoms with Crippen LogP contribution < -0.4 is 15.8 Å². The SMILES string of the molecule is CCOc1cc(N)cc(C(=O)NC2CCC(C)(C)CC2)c1. The summed E-state index contributed by atoms with van der Waals surface area (Å²) in [5, 5.41) is 3.12. The lowest BCUT2D eigenvalue weighted by Crippen LogP contribution is -2.39. The average Bonchev–Trinajstić information content (AvgIpc) is 2.41. The molecule has 0 heterocycles. The zero-order valence-corrected chi connectivity index (χ0v) is 13.2. The van der Waals surface area contributed by atoms with Crippen LogP contribution in [-0.2, 0) is 0 Å². The lowest BCUT2D eigenvalue weighted by atomic mass is 9.75. The molecule has 1 amide bonds. The Morgan fingerprint density at radius 1 is 1.33 bits per heavy atom. The minimum absolute atomic E-state index is 0.0621. The Bertz CT molecular complexity index is 502. The summed E-state index contributed by atoms with van der Waals surface area (Å²) in [7, 11) is 0. The molecule has 4 heteroatoms. The fourth-order valence-corrected chi connectivity index (χ4v) is 2.82. The molecule has 1 aliphatic carbocycles. The van der Waals surface area contributed by atoms with Crippen LogP contribution in [0.1, 0.15) is 56.8 Å². The molecule has 1 saturated carbocycles. The van der Waals surface area contributed by atoms with E-state index in [1.165, 1.54) is 0 Å². The lowest BCUT2D eigenvalue weighted by Gasteiger charge is -2.34. The molecule has 0 unspecified atom stereocenters. The van der Waals surface area contributed by atoms with Gasteiger partial charge in [0.05, 0.1) is 6.61 Å². The molecular weight excluding hydrogens is 264 g/mol. The van der Waals surface area contributed by atoms with Crippen LogP contribution in [0.4, 0.5) is 5.69 Å². The first-order chi connectivity index (χ1) is 9.89. The Morgan fingerprint density at radius 2 is 2.00 bits per heavy atom. The van der Waals surface area contributed by atoms with Crippen molar-refractivity contribution in [3.8, 4) is 5.75 Å². The van der Waals surface area contributed by atoms with Crippen molar-refractivity contribution in [2.24, 2.45) is 5.41 Å². The summed E-state index contributed by atoms with van der Waals surface area (Å²) in [6.07, 6.45) is 4.39. The summed E-state index contributed by atoms with van der Waals surface area (Å²) < 4.78 is 5.43. The van der Waals surface area contributed by atoms with Gasteiger partial charge in [-0.15, -0.1) is 0 Å². The normalized spacial score (nSPS) is 18.2. The highest BCUT2D eigenvalue weighted by molar-refractivity contribution is 5.95. The molecule has 0 atom stereocenters. The van der Waals surface area contributed by atoms with Crippen molar-refractivity contribution in [1.82, 2.24) is 5.32 Å². The first-order valence-electron chi connectivity index (χ1n) is 7.74. The van der Waals surface area contributed by atoms with Crippen LogP contribution in [0.2, 0.25) is 0 Å². The van der Waals surface area contributed by atoms with Gasteiger partial charge in [-0.2, -0.15) is 0 Å². The van der Waals surface area contributed by atoms with Crippen molar-refractivity contribution in [2.45, 2.75) is 52.5 Å². The zero-order valence-electron chi connectivity index (χ0n) is 13.2. The molecule has 0 aliphatic heterocycles. The fraction of sp³-hybridized carbons (Fsp3) is 0.588. The molecule has 0 saturated heterocycles. The summed E-state index contributed by atoms with van der Waals surface area (Å²) in [6.45, 7) is 7.05. The van der Waals surface area contributed by atoms with E-state index >= 15 is 0 Å². The molecule has 0 spiro atoms. The Labute approximate surface area is 127 Å². The largest absolute Gasteiger partial charge is 0.494 e. The molecule has 1 fully saturated rings. The summed E-state index contributed by atoms with van der Waals surface area (Å²) >= 11 is 0. The standard InChI is InChI=1S/C17H26N2O2/c1-4-21-15-10-12(9-13(18)11-15)16(20)19-14-5-7-17(2,3)8-6-14/h9-11,14H,4-8,18H2,1-3H3,(H,19,20). The molecule has 2 rings (SSSR count). The smallest absolute Gasteiger partial charge is 0.251 e. The molecule has 21 heavy (non-hydrogen) atoms. The van der Waals surface area contributed by atoms with Crippen LogP contribution in [0.15, 0.2) is 18.2 Å². The number of carbonyl (C=O) groups is 1. The molecule has 0 radical (unpaired) electrons. The lowest BCUT2D eigenvalue weighted by molar-refractivity contribution is 0.0908. The first-order valence-corrected chi connectivity index (χ1v) is 7.74. The van der Waals surface area contributed by atoms with Gasteiger partial charge in [-0.3, -0.25) is 4.79 Å². The van der Waals surface area contributed by atoms with Gasteiger partial charge in [0.25, 0.3) is 5.91 Å². The van der Waals surface area contributed by atoms with Crippen LogP contribution in [0, 0.1) is 5.41 Å². The second kappa shape index (κ2) is 6.37. The topological polar surface area (TPSA) is 64.3 Å². The number of carbonyl (C=O) groups excluding carboxylic acids is 1. The highest BCUT2D eigenvalue weighted by Crippen LogP contribution is 2.35. The summed E-state index contributed by atoms with van der Waals surface area (Å²) in [5.74, 6) is 0.584. The van der Waals surface area contributed by atoms with Crippen molar-refractivity contribution in [1.29, 1.82) is 0 Å². The Morgan fingerprint density at radius 3 is 2.62 bits per heavy atom. The Hall–Kier alpha value is -1.71. The number of nitrogens with one attached hydrogen (secondary N) is 1. The fourth-order valence-electron chi connectivity index (χ4n) is 2.82. The van der Waals surface area contributed by atoms with Crippen LogP contribution >= 0.6 is 0 Å². The molecule has 1 aromatic rings. The number of rotatable bonds is 4. The van der Waals surface area contributed by atoms with Crippen molar-refractivity contribution in [3.05, 3.63) is 23.8 Å². The van der Waals surface area contributed by atoms with Crippen molar-refractivity contribution < 1.29 is 9.53 Å². The van der Waals surface area contributed by atoms with E-state index in [-0.39, 0.29) is 11.9 Å². The predicted molar refractivity (Wildman–Crippen MR) is 85.5 cm³/mol. The van der Waals surface area contributed by atoms with Gasteiger partial charge in [0, 0.05) is 23.4 Å². The van der Waals surface area contributed by atoms with Crippen LogP contribution in [0.5, 0.6) is 5.75 Å². The maximum Gasteiger partial charge on any atom is 0.251 e. The molecule has 0 bridgehead atoms. The van der Waals surface area contributed by atoms with E-state index in [0.29, 0.717) is 29.0 Å². The van der Waals surface area contributed by atoms with E-state index in [9.17, 15) is 4.79 Å². The third kappa shape index (κ3) is 4.38. The number of anilines is 1. The predicted octanol–water partition coefficient (Wildman–Crippen LogP) is 3.37. The molecular formula is C17H26N2O2. The maximum atomic E-state index is 12.4. The van der Waals surface area contributed by atoms with E-state index in [2.05, 4.69) is 19.2 Å². The van der Waals surface area contributed by atoms with Crippen LogP contribution in [0.25, 0.3) is 0 Å². The van der Waals surface area contributed by atoms with Gasteiger partial charge in [0.2, 0.25) is 0 Å². The van der Waals surface area contributed by atoms with Crippen LogP contribution in [0.3, 0.4) is 0 Å². The third-order valence-corrected chi connectivity index (χ3v) is 4.18. The highest BCUT2D eigenvalue weighted by Gasteiger charge is 2.27. The summed E-state index contributed by atoms with van der Waals surface area (Å²) in [4.78, 5) is 12.4. The van der Waals surface area contributed by atoms with E-state index in [1.807, 2.05) is 6.92 Å². The number of hydrogen-bond donors (Lipinski definition) is 2. The van der Waals surface area contributed by atoms with E-state index in [4.69, 9.17) is 10.5 Å². The Balaban J connectivity index is 2.00. The monoisotopic (exact) mass is 290 g/mol. The number of nitrogens with two attached hydrogens (primary N) is 1. The average molecular weight is 290 g/mol. The van der Waals surface area contributed by atoms with E-state index in [1.54, 1.807) is 18.2 Å². The van der Waals surface area contributed by atoms with Crippen molar-refractivity contribution in [2.75, 3.05) is 12.3 Å². The summed E-state index contributed by atoms with van der Waals surface area (Å²) in [6, 6.07) is 5.46. The molecule has 0 aromatic heterocycles. The van der Waals surface area contributed by atoms with Gasteiger partial charge in [0.15, 0.2) is 0 Å². The second-order valence-corrected chi connectivity index (χ2v) is 6.64. The Kier molecular flexibility index (Phi) is 4.76. The minimum atomic E-state index is -0.0621. The van der Waals surface area contributed by atoms with E-state index in [0.717, 1.165) is 25.7 Å². The molecule has 1 aliphatic rings. The van der Waals surface area contributed by atoms with Crippen molar-refractivity contribution >= 4 is 11.6 Å². The van der Waals surface area contributed by atoms with Crippen LogP contribution in [-0.4, -0.2) is 18.6 Å². The molecule has 1 aromatic carbocycles. The highest BCUT2D eigenvalue weighted by atomic mass is 16.5. The van der Waals surface area contributed by atoms with Gasteiger partial charge >= 0.3 is 0 Å². The zero-order chi connectivity index (χ0) is 15.5. The van der Waals surface area contributed by atoms with Crippen molar-refractivity contribution in [3.63, 3.8) is 0 Å². The number of hydrogen-bond acceptors (Lipinski definition) is 3. The summed E-state index contributed by atoms with van der Waals surface area (Å²) in [5.41, 5.74) is 7.36. The number of amides is 1. The third-order valence-electron chi connectivity index (χ3n) is 4.18. The van der Waals surface area contributed by atoms with Gasteiger partial charge < -0.3 is 15.8 Å². The van der Waals surface area contributed by atoms with Gasteiger partial charge in [-0.1, -0.05) is 13.8 Å². The quantitative estimate of drug-likeness (QED) is 0.836. The molecule has 3 N–H and O–H groups in total. The minimum Gasteiger partial charge on any atom is -0.494 e. The number of benzene rings is 1. The maximum absolute atomic E-state index is 12.4. The number of nitrogen functional groups attached to an aromatic ring is 1. The van der Waals surface area contributed by atoms with Gasteiger partial charge in [0.1, 0.15) is 5.75 Å². The molecule has 116 valence electrons. The molecule has 4 nitrogen and oxygen atoms in total. The first kappa shape index (κ1) is 15.7. The number of ether oxygens (including phenoxy) is 1. The second-order valence-electron chi connectivity index (χ2n) is 6.64. The van der Waals surface area contributed by atoms with Gasteiger partial charge in [-0.05, 0) is 50.2 Å². The van der Waals surface area contributed by atoms with E-state index < -0.39 is 0 Å².